The fraction of sp³-hybridized carbons (Fsp3) is 0.800. The van der Waals surface area contributed by atoms with Gasteiger partial charge in [-0.1, -0.05) is 19.8 Å². The van der Waals surface area contributed by atoms with Crippen molar-refractivity contribution in [1.82, 2.24) is 10.6 Å². The second kappa shape index (κ2) is 5.58. The summed E-state index contributed by atoms with van der Waals surface area (Å²) in [6.45, 7) is 1.99. The normalized spacial score (nSPS) is 16.9. The summed E-state index contributed by atoms with van der Waals surface area (Å²) in [7, 11) is 0. The number of hydrogen-bond donors (Lipinski definition) is 3. The van der Waals surface area contributed by atoms with E-state index in [0.717, 1.165) is 25.7 Å². The fourth-order valence-corrected chi connectivity index (χ4v) is 1.28. The van der Waals surface area contributed by atoms with E-state index in [1.54, 1.807) is 0 Å². The van der Waals surface area contributed by atoms with Crippen LogP contribution in [-0.4, -0.2) is 29.2 Å². The topological polar surface area (TPSA) is 78.4 Å². The molecule has 2 amide bonds. The molecule has 0 aromatic heterocycles. The Morgan fingerprint density at radius 2 is 2.13 bits per heavy atom. The SMILES string of the molecule is CCCC[C@H](NC(=O)NC1CC1)C(=O)O. The number of nitrogens with one attached hydrogen (secondary N) is 2. The lowest BCUT2D eigenvalue weighted by Gasteiger charge is -2.14. The number of rotatable bonds is 6. The van der Waals surface area contributed by atoms with Crippen LogP contribution in [0.1, 0.15) is 39.0 Å². The Morgan fingerprint density at radius 3 is 2.60 bits per heavy atom. The summed E-state index contributed by atoms with van der Waals surface area (Å²) in [5.74, 6) is -0.964. The molecule has 0 heterocycles. The van der Waals surface area contributed by atoms with Crippen molar-refractivity contribution in [1.29, 1.82) is 0 Å². The molecule has 5 nitrogen and oxygen atoms in total. The highest BCUT2D eigenvalue weighted by Gasteiger charge is 2.25. The van der Waals surface area contributed by atoms with Gasteiger partial charge < -0.3 is 15.7 Å². The van der Waals surface area contributed by atoms with Crippen LogP contribution in [0.2, 0.25) is 0 Å². The summed E-state index contributed by atoms with van der Waals surface area (Å²) in [6.07, 6.45) is 4.22. The standard InChI is InChI=1S/C10H18N2O3/c1-2-3-4-8(9(13)14)12-10(15)11-7-5-6-7/h7-8H,2-6H2,1H3,(H,13,14)(H2,11,12,15)/t8-/m0/s1. The second-order valence-corrected chi connectivity index (χ2v) is 3.93. The Morgan fingerprint density at radius 1 is 1.47 bits per heavy atom. The fourth-order valence-electron chi connectivity index (χ4n) is 1.28. The predicted molar refractivity (Wildman–Crippen MR) is 55.6 cm³/mol. The van der Waals surface area contributed by atoms with Crippen LogP contribution >= 0.6 is 0 Å². The third kappa shape index (κ3) is 4.67. The molecule has 0 aromatic rings. The average molecular weight is 214 g/mol. The molecule has 0 unspecified atom stereocenters. The summed E-state index contributed by atoms with van der Waals surface area (Å²) in [4.78, 5) is 22.1. The highest BCUT2D eigenvalue weighted by molar-refractivity contribution is 5.82. The molecule has 15 heavy (non-hydrogen) atoms. The van der Waals surface area contributed by atoms with E-state index in [0.29, 0.717) is 6.42 Å². The van der Waals surface area contributed by atoms with Crippen LogP contribution in [0.4, 0.5) is 4.79 Å². The number of aliphatic carboxylic acids is 1. The van der Waals surface area contributed by atoms with Crippen LogP contribution in [0.5, 0.6) is 0 Å². The van der Waals surface area contributed by atoms with Crippen LogP contribution in [0, 0.1) is 0 Å². The minimum Gasteiger partial charge on any atom is -0.480 e. The first-order chi connectivity index (χ1) is 7.13. The molecule has 86 valence electrons. The van der Waals surface area contributed by atoms with E-state index in [9.17, 15) is 9.59 Å². The molecule has 1 atom stereocenters. The van der Waals surface area contributed by atoms with Crippen molar-refractivity contribution in [2.45, 2.75) is 51.1 Å². The highest BCUT2D eigenvalue weighted by atomic mass is 16.4. The number of carbonyl (C=O) groups excluding carboxylic acids is 1. The van der Waals surface area contributed by atoms with Crippen LogP contribution in [-0.2, 0) is 4.79 Å². The summed E-state index contributed by atoms with van der Waals surface area (Å²) in [5.41, 5.74) is 0. The van der Waals surface area contributed by atoms with E-state index in [1.807, 2.05) is 6.92 Å². The van der Waals surface area contributed by atoms with E-state index in [4.69, 9.17) is 5.11 Å². The summed E-state index contributed by atoms with van der Waals surface area (Å²) < 4.78 is 0. The Kier molecular flexibility index (Phi) is 4.39. The molecule has 1 saturated carbocycles. The van der Waals surface area contributed by atoms with Gasteiger partial charge in [-0.25, -0.2) is 9.59 Å². The van der Waals surface area contributed by atoms with Crippen molar-refractivity contribution in [3.8, 4) is 0 Å². The van der Waals surface area contributed by atoms with Crippen LogP contribution < -0.4 is 10.6 Å². The minimum absolute atomic E-state index is 0.255. The smallest absolute Gasteiger partial charge is 0.326 e. The first-order valence-electron chi connectivity index (χ1n) is 5.43. The number of hydrogen-bond acceptors (Lipinski definition) is 2. The van der Waals surface area contributed by atoms with Gasteiger partial charge in [-0.3, -0.25) is 0 Å². The van der Waals surface area contributed by atoms with E-state index >= 15 is 0 Å². The number of urea groups is 1. The highest BCUT2D eigenvalue weighted by Crippen LogP contribution is 2.18. The molecular formula is C10H18N2O3. The molecule has 0 radical (unpaired) electrons. The Bertz CT molecular complexity index is 239. The zero-order chi connectivity index (χ0) is 11.3. The van der Waals surface area contributed by atoms with Crippen molar-refractivity contribution in [2.75, 3.05) is 0 Å². The Balaban J connectivity index is 2.28. The quantitative estimate of drug-likeness (QED) is 0.619. The molecule has 0 aliphatic heterocycles. The molecule has 0 bridgehead atoms. The van der Waals surface area contributed by atoms with Gasteiger partial charge in [-0.15, -0.1) is 0 Å². The molecule has 5 heteroatoms. The van der Waals surface area contributed by atoms with E-state index in [-0.39, 0.29) is 12.1 Å². The summed E-state index contributed by atoms with van der Waals surface area (Å²) in [5, 5.41) is 14.0. The summed E-state index contributed by atoms with van der Waals surface area (Å²) in [6, 6.07) is -0.865. The van der Waals surface area contributed by atoms with Crippen molar-refractivity contribution in [2.24, 2.45) is 0 Å². The molecule has 0 spiro atoms. The number of carboxylic acids is 1. The van der Waals surface area contributed by atoms with Gasteiger partial charge in [0.1, 0.15) is 6.04 Å². The Labute approximate surface area is 89.2 Å². The predicted octanol–water partition coefficient (Wildman–Crippen LogP) is 1.09. The van der Waals surface area contributed by atoms with E-state index in [1.165, 1.54) is 0 Å². The first kappa shape index (κ1) is 11.8. The molecule has 3 N–H and O–H groups in total. The van der Waals surface area contributed by atoms with Gasteiger partial charge in [0.15, 0.2) is 0 Å². The van der Waals surface area contributed by atoms with Gasteiger partial charge in [0, 0.05) is 6.04 Å². The zero-order valence-electron chi connectivity index (χ0n) is 8.95. The van der Waals surface area contributed by atoms with Gasteiger partial charge in [0.05, 0.1) is 0 Å². The van der Waals surface area contributed by atoms with Gasteiger partial charge in [0.2, 0.25) is 0 Å². The van der Waals surface area contributed by atoms with Crippen LogP contribution in [0.25, 0.3) is 0 Å². The molecule has 0 aromatic carbocycles. The monoisotopic (exact) mass is 214 g/mol. The zero-order valence-corrected chi connectivity index (χ0v) is 8.95. The maximum Gasteiger partial charge on any atom is 0.326 e. The average Bonchev–Trinajstić information content (AvgIpc) is 2.95. The van der Waals surface area contributed by atoms with E-state index < -0.39 is 12.0 Å². The maximum absolute atomic E-state index is 11.3. The van der Waals surface area contributed by atoms with Gasteiger partial charge in [-0.05, 0) is 19.3 Å². The third-order valence-corrected chi connectivity index (χ3v) is 2.36. The largest absolute Gasteiger partial charge is 0.480 e. The van der Waals surface area contributed by atoms with E-state index in [2.05, 4.69) is 10.6 Å². The lowest BCUT2D eigenvalue weighted by molar-refractivity contribution is -0.139. The number of carboxylic acid groups (broad SMARTS) is 1. The van der Waals surface area contributed by atoms with Gasteiger partial charge >= 0.3 is 12.0 Å². The van der Waals surface area contributed by atoms with Crippen molar-refractivity contribution >= 4 is 12.0 Å². The molecular weight excluding hydrogens is 196 g/mol. The molecule has 1 aliphatic carbocycles. The van der Waals surface area contributed by atoms with Crippen LogP contribution in [0.3, 0.4) is 0 Å². The molecule has 1 rings (SSSR count). The number of unbranched alkanes of at least 4 members (excludes halogenated alkanes) is 1. The molecule has 1 fully saturated rings. The number of carbonyl (C=O) groups is 2. The van der Waals surface area contributed by atoms with Crippen LogP contribution in [0.15, 0.2) is 0 Å². The van der Waals surface area contributed by atoms with Crippen molar-refractivity contribution in [3.63, 3.8) is 0 Å². The first-order valence-corrected chi connectivity index (χ1v) is 5.43. The lowest BCUT2D eigenvalue weighted by atomic mass is 10.1. The van der Waals surface area contributed by atoms with Crippen molar-refractivity contribution < 1.29 is 14.7 Å². The number of amides is 2. The Hall–Kier alpha value is -1.26. The summed E-state index contributed by atoms with van der Waals surface area (Å²) >= 11 is 0. The third-order valence-electron chi connectivity index (χ3n) is 2.36. The molecule has 0 saturated heterocycles. The lowest BCUT2D eigenvalue weighted by Crippen LogP contribution is -2.46. The maximum atomic E-state index is 11.3. The minimum atomic E-state index is -0.964. The van der Waals surface area contributed by atoms with Gasteiger partial charge in [-0.2, -0.15) is 0 Å². The molecule has 1 aliphatic rings. The second-order valence-electron chi connectivity index (χ2n) is 3.93. The van der Waals surface area contributed by atoms with Gasteiger partial charge in [0.25, 0.3) is 0 Å². The van der Waals surface area contributed by atoms with Crippen molar-refractivity contribution in [3.05, 3.63) is 0 Å².